The zero-order chi connectivity index (χ0) is 11.5. The number of methoxy groups -OCH3 is 1. The first kappa shape index (κ1) is 11.6. The number of nitrogens with zero attached hydrogens (tertiary/aromatic N) is 1. The molecule has 0 spiro atoms. The first-order chi connectivity index (χ1) is 7.04. The largest absolute Gasteiger partial charge is 0.497 e. The van der Waals surface area contributed by atoms with Crippen LogP contribution in [0.15, 0.2) is 24.3 Å². The van der Waals surface area contributed by atoms with E-state index in [0.717, 1.165) is 11.3 Å². The Morgan fingerprint density at radius 2 is 2.07 bits per heavy atom. The molecular formula is C13H17NO. The van der Waals surface area contributed by atoms with Gasteiger partial charge in [0.1, 0.15) is 5.75 Å². The number of benzene rings is 1. The lowest BCUT2D eigenvalue weighted by atomic mass is 9.75. The van der Waals surface area contributed by atoms with Crippen molar-refractivity contribution in [3.8, 4) is 11.8 Å². The van der Waals surface area contributed by atoms with E-state index in [1.54, 1.807) is 7.11 Å². The van der Waals surface area contributed by atoms with Crippen LogP contribution in [-0.2, 0) is 5.41 Å². The van der Waals surface area contributed by atoms with Crippen LogP contribution in [0, 0.1) is 17.2 Å². The average Bonchev–Trinajstić information content (AvgIpc) is 2.27. The van der Waals surface area contributed by atoms with E-state index in [1.165, 1.54) is 0 Å². The lowest BCUT2D eigenvalue weighted by Crippen LogP contribution is -2.26. The molecule has 0 saturated heterocycles. The van der Waals surface area contributed by atoms with Gasteiger partial charge in [0.15, 0.2) is 0 Å². The zero-order valence-electron chi connectivity index (χ0n) is 9.74. The van der Waals surface area contributed by atoms with Gasteiger partial charge in [-0.3, -0.25) is 0 Å². The van der Waals surface area contributed by atoms with Crippen LogP contribution in [0.5, 0.6) is 5.75 Å². The highest BCUT2D eigenvalue weighted by atomic mass is 16.5. The molecular weight excluding hydrogens is 186 g/mol. The van der Waals surface area contributed by atoms with E-state index in [-0.39, 0.29) is 5.92 Å². The van der Waals surface area contributed by atoms with Crippen molar-refractivity contribution in [2.45, 2.75) is 26.2 Å². The van der Waals surface area contributed by atoms with Crippen LogP contribution in [0.25, 0.3) is 0 Å². The van der Waals surface area contributed by atoms with E-state index >= 15 is 0 Å². The number of ether oxygens (including phenoxy) is 1. The highest BCUT2D eigenvalue weighted by Crippen LogP contribution is 2.32. The fourth-order valence-corrected chi connectivity index (χ4v) is 1.47. The number of hydrogen-bond donors (Lipinski definition) is 0. The third-order valence-electron chi connectivity index (χ3n) is 3.06. The van der Waals surface area contributed by atoms with Gasteiger partial charge in [0.2, 0.25) is 0 Å². The van der Waals surface area contributed by atoms with Gasteiger partial charge in [-0.05, 0) is 30.5 Å². The summed E-state index contributed by atoms with van der Waals surface area (Å²) in [7, 11) is 1.64. The Morgan fingerprint density at radius 3 is 2.53 bits per heavy atom. The van der Waals surface area contributed by atoms with E-state index in [1.807, 2.05) is 31.2 Å². The normalized spacial score (nSPS) is 14.4. The van der Waals surface area contributed by atoms with E-state index in [4.69, 9.17) is 4.74 Å². The first-order valence-corrected chi connectivity index (χ1v) is 5.10. The quantitative estimate of drug-likeness (QED) is 0.756. The van der Waals surface area contributed by atoms with Gasteiger partial charge in [-0.25, -0.2) is 0 Å². The molecule has 0 saturated carbocycles. The minimum atomic E-state index is -0.450. The molecule has 1 unspecified atom stereocenters. The van der Waals surface area contributed by atoms with E-state index in [2.05, 4.69) is 19.9 Å². The van der Waals surface area contributed by atoms with Gasteiger partial charge >= 0.3 is 0 Å². The van der Waals surface area contributed by atoms with Gasteiger partial charge in [0.05, 0.1) is 18.6 Å². The fourth-order valence-electron chi connectivity index (χ4n) is 1.47. The van der Waals surface area contributed by atoms with Crippen molar-refractivity contribution in [3.63, 3.8) is 0 Å². The summed E-state index contributed by atoms with van der Waals surface area (Å²) >= 11 is 0. The fraction of sp³-hybridized carbons (Fsp3) is 0.462. The Bertz CT molecular complexity index is 378. The third-order valence-corrected chi connectivity index (χ3v) is 3.06. The SMILES string of the molecule is COc1cccc(C(C)(C#N)C(C)C)c1. The van der Waals surface area contributed by atoms with Crippen LogP contribution >= 0.6 is 0 Å². The minimum Gasteiger partial charge on any atom is -0.497 e. The van der Waals surface area contributed by atoms with Crippen molar-refractivity contribution < 1.29 is 4.74 Å². The number of nitriles is 1. The summed E-state index contributed by atoms with van der Waals surface area (Å²) in [6, 6.07) is 10.1. The number of rotatable bonds is 3. The Hall–Kier alpha value is -1.49. The van der Waals surface area contributed by atoms with Gasteiger partial charge < -0.3 is 4.74 Å². The Labute approximate surface area is 91.5 Å². The summed E-state index contributed by atoms with van der Waals surface area (Å²) < 4.78 is 5.16. The molecule has 1 aromatic rings. The second kappa shape index (κ2) is 4.35. The molecule has 0 aliphatic heterocycles. The Kier molecular flexibility index (Phi) is 3.36. The van der Waals surface area contributed by atoms with Gasteiger partial charge in [0, 0.05) is 0 Å². The monoisotopic (exact) mass is 203 g/mol. The summed E-state index contributed by atoms with van der Waals surface area (Å²) in [6.45, 7) is 6.08. The molecule has 80 valence electrons. The summed E-state index contributed by atoms with van der Waals surface area (Å²) in [4.78, 5) is 0. The lowest BCUT2D eigenvalue weighted by molar-refractivity contribution is 0.405. The van der Waals surface area contributed by atoms with Crippen molar-refractivity contribution in [2.24, 2.45) is 5.92 Å². The highest BCUT2D eigenvalue weighted by Gasteiger charge is 2.30. The minimum absolute atomic E-state index is 0.273. The summed E-state index contributed by atoms with van der Waals surface area (Å²) in [6.07, 6.45) is 0. The van der Waals surface area contributed by atoms with Crippen molar-refractivity contribution in [1.29, 1.82) is 5.26 Å². The maximum Gasteiger partial charge on any atom is 0.119 e. The van der Waals surface area contributed by atoms with Crippen LogP contribution in [0.2, 0.25) is 0 Å². The molecule has 15 heavy (non-hydrogen) atoms. The zero-order valence-corrected chi connectivity index (χ0v) is 9.74. The smallest absolute Gasteiger partial charge is 0.119 e. The summed E-state index contributed by atoms with van der Waals surface area (Å²) in [5.41, 5.74) is 0.563. The highest BCUT2D eigenvalue weighted by molar-refractivity contribution is 5.37. The van der Waals surface area contributed by atoms with Crippen molar-refractivity contribution in [1.82, 2.24) is 0 Å². The molecule has 1 rings (SSSR count). The van der Waals surface area contributed by atoms with Gasteiger partial charge in [0.25, 0.3) is 0 Å². The van der Waals surface area contributed by atoms with Crippen LogP contribution in [0.3, 0.4) is 0 Å². The van der Waals surface area contributed by atoms with E-state index in [9.17, 15) is 5.26 Å². The molecule has 0 fully saturated rings. The molecule has 2 nitrogen and oxygen atoms in total. The van der Waals surface area contributed by atoms with Gasteiger partial charge in [-0.1, -0.05) is 26.0 Å². The molecule has 1 aromatic carbocycles. The standard InChI is InChI=1S/C13H17NO/c1-10(2)13(3,9-14)11-6-5-7-12(8-11)15-4/h5-8,10H,1-4H3. The second-order valence-electron chi connectivity index (χ2n) is 4.20. The van der Waals surface area contributed by atoms with Crippen molar-refractivity contribution in [2.75, 3.05) is 7.11 Å². The van der Waals surface area contributed by atoms with Crippen LogP contribution < -0.4 is 4.74 Å². The molecule has 0 heterocycles. The molecule has 0 aromatic heterocycles. The van der Waals surface area contributed by atoms with Crippen LogP contribution in [0.1, 0.15) is 26.3 Å². The Morgan fingerprint density at radius 1 is 1.40 bits per heavy atom. The van der Waals surface area contributed by atoms with Crippen LogP contribution in [0.4, 0.5) is 0 Å². The number of hydrogen-bond acceptors (Lipinski definition) is 2. The predicted molar refractivity (Wildman–Crippen MR) is 60.8 cm³/mol. The van der Waals surface area contributed by atoms with Gasteiger partial charge in [-0.15, -0.1) is 0 Å². The molecule has 0 radical (unpaired) electrons. The molecule has 1 atom stereocenters. The average molecular weight is 203 g/mol. The molecule has 0 amide bonds. The van der Waals surface area contributed by atoms with Crippen LogP contribution in [-0.4, -0.2) is 7.11 Å². The predicted octanol–water partition coefficient (Wildman–Crippen LogP) is 3.13. The van der Waals surface area contributed by atoms with Crippen molar-refractivity contribution >= 4 is 0 Å². The molecule has 2 heteroatoms. The van der Waals surface area contributed by atoms with E-state index < -0.39 is 5.41 Å². The summed E-state index contributed by atoms with van der Waals surface area (Å²) in [5.74, 6) is 1.07. The molecule has 0 aliphatic carbocycles. The second-order valence-corrected chi connectivity index (χ2v) is 4.20. The first-order valence-electron chi connectivity index (χ1n) is 5.10. The van der Waals surface area contributed by atoms with E-state index in [0.29, 0.717) is 0 Å². The molecule has 0 bridgehead atoms. The summed E-state index contributed by atoms with van der Waals surface area (Å²) in [5, 5.41) is 9.28. The molecule has 0 aliphatic rings. The van der Waals surface area contributed by atoms with Crippen molar-refractivity contribution in [3.05, 3.63) is 29.8 Å². The maximum atomic E-state index is 9.28. The maximum absolute atomic E-state index is 9.28. The third kappa shape index (κ3) is 2.12. The Balaban J connectivity index is 3.19. The van der Waals surface area contributed by atoms with Gasteiger partial charge in [-0.2, -0.15) is 5.26 Å². The lowest BCUT2D eigenvalue weighted by Gasteiger charge is -2.26. The topological polar surface area (TPSA) is 33.0 Å². The molecule has 0 N–H and O–H groups in total.